The van der Waals surface area contributed by atoms with Crippen molar-refractivity contribution in [1.82, 2.24) is 5.16 Å². The van der Waals surface area contributed by atoms with Gasteiger partial charge in [-0.1, -0.05) is 47.6 Å². The number of hydrogen-bond donors (Lipinski definition) is 0. The van der Waals surface area contributed by atoms with E-state index in [4.69, 9.17) is 9.26 Å². The van der Waals surface area contributed by atoms with Crippen LogP contribution in [-0.4, -0.2) is 43.3 Å². The van der Waals surface area contributed by atoms with Crippen LogP contribution in [0.1, 0.15) is 25.5 Å². The predicted octanol–water partition coefficient (Wildman–Crippen LogP) is 4.77. The van der Waals surface area contributed by atoms with Gasteiger partial charge in [-0.15, -0.1) is 3.89 Å². The highest BCUT2D eigenvalue weighted by Gasteiger charge is 2.58. The number of methoxy groups -OCH3 is 1. The molecule has 1 fully saturated rings. The van der Waals surface area contributed by atoms with Crippen LogP contribution in [-0.2, 0) is 14.8 Å². The lowest BCUT2D eigenvalue weighted by molar-refractivity contribution is -0.742. The van der Waals surface area contributed by atoms with Crippen LogP contribution in [0.2, 0.25) is 0 Å². The van der Waals surface area contributed by atoms with Gasteiger partial charge >= 0.3 is 16.1 Å². The summed E-state index contributed by atoms with van der Waals surface area (Å²) in [5.74, 6) is 0.640. The Morgan fingerprint density at radius 3 is 2.35 bits per heavy atom. The number of carbonyl (C=O) groups excluding carboxylic acids is 1. The van der Waals surface area contributed by atoms with Crippen LogP contribution >= 0.6 is 0 Å². The number of quaternary nitrogens is 1. The van der Waals surface area contributed by atoms with Gasteiger partial charge in [0.2, 0.25) is 0 Å². The second-order valence-electron chi connectivity index (χ2n) is 7.81. The fourth-order valence-corrected chi connectivity index (χ4v) is 6.49. The van der Waals surface area contributed by atoms with Crippen LogP contribution in [0, 0.1) is 6.92 Å². The van der Waals surface area contributed by atoms with Gasteiger partial charge in [-0.25, -0.2) is 0 Å². The van der Waals surface area contributed by atoms with Gasteiger partial charge in [0.15, 0.2) is 0 Å². The number of amides is 1. The van der Waals surface area contributed by atoms with Crippen molar-refractivity contribution in [2.75, 3.05) is 13.7 Å². The van der Waals surface area contributed by atoms with Crippen molar-refractivity contribution in [1.29, 1.82) is 0 Å². The molecule has 0 aliphatic carbocycles. The zero-order valence-electron chi connectivity index (χ0n) is 17.7. The summed E-state index contributed by atoms with van der Waals surface area (Å²) in [6.07, 6.45) is 0.552. The first-order chi connectivity index (χ1) is 14.8. The topological polar surface area (TPSA) is 86.5 Å². The highest BCUT2D eigenvalue weighted by molar-refractivity contribution is 7.86. The average molecular weight is 442 g/mol. The molecule has 0 spiro atoms. The van der Waals surface area contributed by atoms with E-state index in [1.54, 1.807) is 31.2 Å². The number of hydrogen-bond acceptors (Lipinski definition) is 6. The van der Waals surface area contributed by atoms with Gasteiger partial charge < -0.3 is 9.26 Å². The van der Waals surface area contributed by atoms with Crippen LogP contribution in [0.3, 0.4) is 0 Å². The minimum absolute atomic E-state index is 0.0887. The third kappa shape index (κ3) is 3.26. The molecule has 2 atom stereocenters. The molecule has 162 valence electrons. The van der Waals surface area contributed by atoms with Crippen molar-refractivity contribution in [3.8, 4) is 22.4 Å². The van der Waals surface area contributed by atoms with Gasteiger partial charge in [0.25, 0.3) is 0 Å². The first-order valence-corrected chi connectivity index (χ1v) is 11.6. The Hall–Kier alpha value is -2.97. The Morgan fingerprint density at radius 1 is 1.10 bits per heavy atom. The van der Waals surface area contributed by atoms with E-state index in [0.29, 0.717) is 24.3 Å². The van der Waals surface area contributed by atoms with E-state index >= 15 is 0 Å². The van der Waals surface area contributed by atoms with Gasteiger partial charge in [0.05, 0.1) is 12.7 Å². The van der Waals surface area contributed by atoms with Gasteiger partial charge in [-0.2, -0.15) is 13.2 Å². The Bertz CT molecular complexity index is 1200. The number of nitrogens with zero attached hydrogens (tertiary/aromatic N) is 2. The molecule has 1 saturated heterocycles. The van der Waals surface area contributed by atoms with E-state index in [9.17, 15) is 13.2 Å². The molecule has 3 aromatic rings. The highest BCUT2D eigenvalue weighted by Crippen LogP contribution is 2.38. The number of aromatic nitrogens is 1. The molecule has 7 nitrogen and oxygen atoms in total. The molecule has 8 heteroatoms. The van der Waals surface area contributed by atoms with Crippen LogP contribution in [0.15, 0.2) is 64.0 Å². The molecular weight excluding hydrogens is 416 g/mol. The summed E-state index contributed by atoms with van der Waals surface area (Å²) in [4.78, 5) is 12.7. The average Bonchev–Trinajstić information content (AvgIpc) is 3.37. The van der Waals surface area contributed by atoms with Gasteiger partial charge in [-0.05, 0) is 31.5 Å². The summed E-state index contributed by atoms with van der Waals surface area (Å²) >= 11 is 0. The van der Waals surface area contributed by atoms with Crippen LogP contribution in [0.5, 0.6) is 0 Å². The molecule has 2 heterocycles. The number of aryl methyl sites for hydroxylation is 1. The maximum atomic E-state index is 13.6. The van der Waals surface area contributed by atoms with Gasteiger partial charge in [0, 0.05) is 18.4 Å². The number of sulfonamides is 1. The Labute approximate surface area is 181 Å². The third-order valence-corrected chi connectivity index (χ3v) is 8.50. The SMILES string of the molecule is COC(=O)[N+]1(S(=O)(=O)c2ccc(-c3c(-c4ccccc4)noc3C)cc2)CCC[C@H]1C. The summed E-state index contributed by atoms with van der Waals surface area (Å²) in [5, 5.41) is 4.19. The number of rotatable bonds is 4. The first kappa shape index (κ1) is 21.3. The zero-order valence-corrected chi connectivity index (χ0v) is 18.6. The fourth-order valence-electron chi connectivity index (χ4n) is 4.42. The van der Waals surface area contributed by atoms with Crippen molar-refractivity contribution in [3.05, 3.63) is 60.4 Å². The molecular formula is C23H25N2O5S+. The van der Waals surface area contributed by atoms with Crippen LogP contribution in [0.25, 0.3) is 22.4 Å². The maximum Gasteiger partial charge on any atom is 0.531 e. The Balaban J connectivity index is 1.76. The lowest BCUT2D eigenvalue weighted by Crippen LogP contribution is -2.58. The Kier molecular flexibility index (Phi) is 5.45. The fraction of sp³-hybridized carbons (Fsp3) is 0.304. The zero-order chi connectivity index (χ0) is 22.2. The number of carbonyl (C=O) groups is 1. The van der Waals surface area contributed by atoms with E-state index in [0.717, 1.165) is 16.7 Å². The normalized spacial score (nSPS) is 21.2. The second kappa shape index (κ2) is 7.94. The first-order valence-electron chi connectivity index (χ1n) is 10.2. The molecule has 0 N–H and O–H groups in total. The number of ether oxygens (including phenoxy) is 1. The lowest BCUT2D eigenvalue weighted by atomic mass is 10.00. The maximum absolute atomic E-state index is 13.6. The molecule has 0 bridgehead atoms. The molecule has 4 rings (SSSR count). The van der Waals surface area contributed by atoms with E-state index in [-0.39, 0.29) is 17.5 Å². The summed E-state index contributed by atoms with van der Waals surface area (Å²) in [7, 11) is -2.77. The third-order valence-electron chi connectivity index (χ3n) is 6.09. The quantitative estimate of drug-likeness (QED) is 0.542. The molecule has 1 aliphatic heterocycles. The molecule has 2 aromatic carbocycles. The minimum Gasteiger partial charge on any atom is -0.423 e. The summed E-state index contributed by atoms with van der Waals surface area (Å²) in [6.45, 7) is 3.81. The molecule has 0 saturated carbocycles. The summed E-state index contributed by atoms with van der Waals surface area (Å²) in [5.41, 5.74) is 3.20. The van der Waals surface area contributed by atoms with Crippen LogP contribution < -0.4 is 0 Å². The number of benzene rings is 2. The molecule has 0 radical (unpaired) electrons. The number of likely N-dealkylation sites (tertiary alicyclic amines) is 1. The minimum atomic E-state index is -3.99. The highest BCUT2D eigenvalue weighted by atomic mass is 32.2. The Morgan fingerprint density at radius 2 is 1.77 bits per heavy atom. The summed E-state index contributed by atoms with van der Waals surface area (Å²) in [6, 6.07) is 15.8. The standard InChI is InChI=1S/C23H25N2O5S/c1-16-8-7-15-25(16,23(26)29-3)31(27,28)20-13-11-18(12-14-20)21-17(2)30-24-22(21)19-9-5-4-6-10-19/h4-6,9-14,16H,7-8,15H2,1-3H3/q+1/t16-,25?/m1/s1. The van der Waals surface area contributed by atoms with E-state index in [1.165, 1.54) is 7.11 Å². The molecule has 1 aromatic heterocycles. The van der Waals surface area contributed by atoms with Crippen molar-refractivity contribution in [3.63, 3.8) is 0 Å². The molecule has 1 aliphatic rings. The second-order valence-corrected chi connectivity index (χ2v) is 9.88. The van der Waals surface area contributed by atoms with E-state index < -0.39 is 20.0 Å². The smallest absolute Gasteiger partial charge is 0.423 e. The van der Waals surface area contributed by atoms with Gasteiger partial charge in [0.1, 0.15) is 28.9 Å². The van der Waals surface area contributed by atoms with E-state index in [2.05, 4.69) is 5.16 Å². The van der Waals surface area contributed by atoms with Crippen molar-refractivity contribution in [2.24, 2.45) is 0 Å². The van der Waals surface area contributed by atoms with Crippen molar-refractivity contribution in [2.45, 2.75) is 37.6 Å². The van der Waals surface area contributed by atoms with Gasteiger partial charge in [-0.3, -0.25) is 0 Å². The molecule has 1 unspecified atom stereocenters. The largest absolute Gasteiger partial charge is 0.531 e. The summed E-state index contributed by atoms with van der Waals surface area (Å²) < 4.78 is 36.8. The van der Waals surface area contributed by atoms with E-state index in [1.807, 2.05) is 37.3 Å². The monoisotopic (exact) mass is 441 g/mol. The molecule has 31 heavy (non-hydrogen) atoms. The predicted molar refractivity (Wildman–Crippen MR) is 116 cm³/mol. The van der Waals surface area contributed by atoms with Crippen molar-refractivity contribution < 1.29 is 26.4 Å². The van der Waals surface area contributed by atoms with Crippen molar-refractivity contribution >= 4 is 16.1 Å². The lowest BCUT2D eigenvalue weighted by Gasteiger charge is -2.32. The van der Waals surface area contributed by atoms with Crippen LogP contribution in [0.4, 0.5) is 4.79 Å². The molecule has 1 amide bonds.